The molecule has 3 aromatic rings. The largest absolute Gasteiger partial charge is 0.466 e. The van der Waals surface area contributed by atoms with Crippen molar-refractivity contribution >= 4 is 17.6 Å². The van der Waals surface area contributed by atoms with Gasteiger partial charge in [0.05, 0.1) is 35.7 Å². The fraction of sp³-hybridized carbons (Fsp3) is 0.333. The first-order valence-electron chi connectivity index (χ1n) is 15.2. The molecule has 0 spiro atoms. The number of dihydropyridines is 1. The van der Waals surface area contributed by atoms with Crippen molar-refractivity contribution in [1.82, 2.24) is 10.2 Å². The van der Waals surface area contributed by atoms with E-state index >= 15 is 0 Å². The Morgan fingerprint density at radius 2 is 1.47 bits per heavy atom. The van der Waals surface area contributed by atoms with Gasteiger partial charge in [-0.2, -0.15) is 0 Å². The van der Waals surface area contributed by atoms with Crippen molar-refractivity contribution in [3.63, 3.8) is 0 Å². The van der Waals surface area contributed by atoms with Crippen molar-refractivity contribution in [1.29, 1.82) is 0 Å². The average Bonchev–Trinajstić information content (AvgIpc) is 3.05. The molecule has 0 saturated heterocycles. The van der Waals surface area contributed by atoms with Crippen LogP contribution in [0, 0.1) is 10.1 Å². The highest BCUT2D eigenvalue weighted by Crippen LogP contribution is 2.40. The Bertz CT molecular complexity index is 1510. The van der Waals surface area contributed by atoms with Gasteiger partial charge in [-0.3, -0.25) is 10.1 Å². The van der Waals surface area contributed by atoms with Crippen LogP contribution in [-0.4, -0.2) is 55.6 Å². The van der Waals surface area contributed by atoms with Gasteiger partial charge in [-0.05, 0) is 69.9 Å². The molecule has 45 heavy (non-hydrogen) atoms. The maximum Gasteiger partial charge on any atom is 0.336 e. The maximum absolute atomic E-state index is 13.5. The minimum atomic E-state index is -0.876. The summed E-state index contributed by atoms with van der Waals surface area (Å²) in [5, 5.41) is 14.6. The molecule has 1 atom stereocenters. The van der Waals surface area contributed by atoms with Crippen LogP contribution in [0.2, 0.25) is 0 Å². The number of non-ortho nitro benzene ring substituents is 1. The second-order valence-electron chi connectivity index (χ2n) is 11.3. The number of hydrogen-bond donors (Lipinski definition) is 1. The molecule has 0 amide bonds. The molecule has 0 aliphatic carbocycles. The zero-order valence-corrected chi connectivity index (χ0v) is 26.3. The van der Waals surface area contributed by atoms with E-state index in [-0.39, 0.29) is 23.4 Å². The van der Waals surface area contributed by atoms with Gasteiger partial charge in [-0.25, -0.2) is 9.59 Å². The van der Waals surface area contributed by atoms with Crippen LogP contribution in [0.4, 0.5) is 5.69 Å². The first-order valence-corrected chi connectivity index (χ1v) is 15.2. The van der Waals surface area contributed by atoms with E-state index in [1.807, 2.05) is 12.1 Å². The molecule has 1 unspecified atom stereocenters. The van der Waals surface area contributed by atoms with Crippen molar-refractivity contribution < 1.29 is 24.0 Å². The number of methoxy groups -OCH3 is 1. The van der Waals surface area contributed by atoms with Gasteiger partial charge in [0.25, 0.3) is 5.69 Å². The number of carbonyl (C=O) groups is 2. The highest BCUT2D eigenvalue weighted by molar-refractivity contribution is 5.99. The SMILES string of the molecule is COC(=O)C1=C(C)NC(C)=C(C(=O)OCCCCN(C)CCC(c2ccccc2)c2ccccc2)C1c1cccc([N+](=O)[O-])c1. The number of nitro benzene ring substituents is 1. The quantitative estimate of drug-likeness (QED) is 0.0955. The van der Waals surface area contributed by atoms with E-state index in [9.17, 15) is 19.7 Å². The molecule has 1 heterocycles. The van der Waals surface area contributed by atoms with Gasteiger partial charge in [0.15, 0.2) is 0 Å². The lowest BCUT2D eigenvalue weighted by atomic mass is 9.80. The van der Waals surface area contributed by atoms with Crippen LogP contribution >= 0.6 is 0 Å². The zero-order valence-electron chi connectivity index (χ0n) is 26.3. The van der Waals surface area contributed by atoms with Gasteiger partial charge in [-0.15, -0.1) is 0 Å². The minimum Gasteiger partial charge on any atom is -0.466 e. The normalized spacial score (nSPS) is 14.8. The second kappa shape index (κ2) is 15.8. The Morgan fingerprint density at radius 1 is 0.867 bits per heavy atom. The Morgan fingerprint density at radius 3 is 2.04 bits per heavy atom. The van der Waals surface area contributed by atoms with Crippen molar-refractivity contribution in [2.75, 3.05) is 33.9 Å². The summed E-state index contributed by atoms with van der Waals surface area (Å²) in [6.07, 6.45) is 2.48. The van der Waals surface area contributed by atoms with Crippen LogP contribution < -0.4 is 5.32 Å². The van der Waals surface area contributed by atoms with Gasteiger partial charge in [0.1, 0.15) is 0 Å². The molecular formula is C36H41N3O6. The number of nitrogens with one attached hydrogen (secondary N) is 1. The number of unbranched alkanes of at least 4 members (excludes halogenated alkanes) is 1. The number of nitro groups is 1. The van der Waals surface area contributed by atoms with E-state index in [1.54, 1.807) is 19.9 Å². The smallest absolute Gasteiger partial charge is 0.336 e. The number of hydrogen-bond acceptors (Lipinski definition) is 8. The second-order valence-corrected chi connectivity index (χ2v) is 11.3. The molecule has 4 rings (SSSR count). The summed E-state index contributed by atoms with van der Waals surface area (Å²) in [6, 6.07) is 27.1. The van der Waals surface area contributed by atoms with E-state index in [1.165, 1.54) is 36.4 Å². The summed E-state index contributed by atoms with van der Waals surface area (Å²) in [4.78, 5) is 39.6. The van der Waals surface area contributed by atoms with Crippen molar-refractivity contribution in [3.05, 3.63) is 134 Å². The third-order valence-corrected chi connectivity index (χ3v) is 8.17. The monoisotopic (exact) mass is 611 g/mol. The van der Waals surface area contributed by atoms with Gasteiger partial charge in [0, 0.05) is 29.4 Å². The lowest BCUT2D eigenvalue weighted by Crippen LogP contribution is -2.32. The predicted molar refractivity (Wildman–Crippen MR) is 173 cm³/mol. The van der Waals surface area contributed by atoms with Gasteiger partial charge in [-0.1, -0.05) is 72.8 Å². The van der Waals surface area contributed by atoms with Crippen LogP contribution in [0.3, 0.4) is 0 Å². The topological polar surface area (TPSA) is 111 Å². The van der Waals surface area contributed by atoms with Gasteiger partial charge >= 0.3 is 11.9 Å². The van der Waals surface area contributed by atoms with Crippen LogP contribution in [0.1, 0.15) is 61.6 Å². The summed E-state index contributed by atoms with van der Waals surface area (Å²) in [5.41, 5.74) is 4.37. The van der Waals surface area contributed by atoms with E-state index in [0.717, 1.165) is 25.9 Å². The molecule has 236 valence electrons. The molecule has 0 saturated carbocycles. The molecule has 0 bridgehead atoms. The highest BCUT2D eigenvalue weighted by atomic mass is 16.6. The molecule has 3 aromatic carbocycles. The Balaban J connectivity index is 1.35. The molecule has 9 nitrogen and oxygen atoms in total. The molecule has 1 aliphatic heterocycles. The Labute approximate surface area is 264 Å². The summed E-state index contributed by atoms with van der Waals surface area (Å²) >= 11 is 0. The van der Waals surface area contributed by atoms with Crippen LogP contribution in [0.15, 0.2) is 107 Å². The molecule has 0 fully saturated rings. The van der Waals surface area contributed by atoms with Crippen LogP contribution in [-0.2, 0) is 19.1 Å². The fourth-order valence-corrected chi connectivity index (χ4v) is 5.88. The number of ether oxygens (including phenoxy) is 2. The zero-order chi connectivity index (χ0) is 32.3. The number of carbonyl (C=O) groups excluding carboxylic acids is 2. The third-order valence-electron chi connectivity index (χ3n) is 8.17. The number of esters is 2. The molecular weight excluding hydrogens is 570 g/mol. The first kappa shape index (κ1) is 33.1. The molecule has 9 heteroatoms. The number of nitrogens with zero attached hydrogens (tertiary/aromatic N) is 2. The molecule has 1 aliphatic rings. The number of rotatable bonds is 14. The van der Waals surface area contributed by atoms with E-state index < -0.39 is 22.8 Å². The molecule has 1 N–H and O–H groups in total. The minimum absolute atomic E-state index is 0.138. The average molecular weight is 612 g/mol. The van der Waals surface area contributed by atoms with E-state index in [2.05, 4.69) is 65.8 Å². The highest BCUT2D eigenvalue weighted by Gasteiger charge is 2.38. The number of benzene rings is 3. The number of allylic oxidation sites excluding steroid dienone is 2. The summed E-state index contributed by atoms with van der Waals surface area (Å²) < 4.78 is 10.7. The molecule has 0 radical (unpaired) electrons. The van der Waals surface area contributed by atoms with Gasteiger partial charge in [0.2, 0.25) is 0 Å². The first-order chi connectivity index (χ1) is 21.7. The molecule has 0 aromatic heterocycles. The summed E-state index contributed by atoms with van der Waals surface area (Å²) in [7, 11) is 3.37. The maximum atomic E-state index is 13.5. The summed E-state index contributed by atoms with van der Waals surface area (Å²) in [5.74, 6) is -1.77. The van der Waals surface area contributed by atoms with E-state index in [0.29, 0.717) is 29.3 Å². The standard InChI is InChI=1S/C36H41N3O6/c1-25-32(35(40)44-4)34(29-18-13-19-30(24-29)39(42)43)33(26(2)37-25)36(41)45-23-12-11-21-38(3)22-20-31(27-14-7-5-8-15-27)28-16-9-6-10-17-28/h5-10,13-19,24,31,34,37H,11-12,20-23H2,1-4H3. The van der Waals surface area contributed by atoms with Crippen molar-refractivity contribution in [3.8, 4) is 0 Å². The van der Waals surface area contributed by atoms with Crippen LogP contribution in [0.5, 0.6) is 0 Å². The van der Waals surface area contributed by atoms with Gasteiger partial charge < -0.3 is 19.7 Å². The van der Waals surface area contributed by atoms with E-state index in [4.69, 9.17) is 9.47 Å². The van der Waals surface area contributed by atoms with Crippen molar-refractivity contribution in [2.24, 2.45) is 0 Å². The van der Waals surface area contributed by atoms with Crippen LogP contribution in [0.25, 0.3) is 0 Å². The summed E-state index contributed by atoms with van der Waals surface area (Å²) in [6.45, 7) is 5.41. The van der Waals surface area contributed by atoms with Crippen molar-refractivity contribution in [2.45, 2.75) is 44.9 Å². The lowest BCUT2D eigenvalue weighted by Gasteiger charge is -2.30. The Kier molecular flexibility index (Phi) is 11.6. The Hall–Kier alpha value is -4.76. The third kappa shape index (κ3) is 8.45. The fourth-order valence-electron chi connectivity index (χ4n) is 5.88. The lowest BCUT2D eigenvalue weighted by molar-refractivity contribution is -0.384. The predicted octanol–water partition coefficient (Wildman–Crippen LogP) is 6.48.